The number of hydrogen-bond acceptors (Lipinski definition) is 3. The highest BCUT2D eigenvalue weighted by Gasteiger charge is 2.30. The fourth-order valence-corrected chi connectivity index (χ4v) is 3.29. The summed E-state index contributed by atoms with van der Waals surface area (Å²) in [5.74, 6) is 0.747. The SMILES string of the molecule is CC(C)c1ccc(CN(CC(=O)Nc2ncc(Cl)cc2Cl)C2CC2)cc1. The summed E-state index contributed by atoms with van der Waals surface area (Å²) in [6, 6.07) is 10.7. The molecule has 0 radical (unpaired) electrons. The molecule has 1 heterocycles. The van der Waals surface area contributed by atoms with Crippen molar-refractivity contribution in [1.82, 2.24) is 9.88 Å². The molecular weight excluding hydrogens is 369 g/mol. The van der Waals surface area contributed by atoms with E-state index < -0.39 is 0 Å². The van der Waals surface area contributed by atoms with Gasteiger partial charge < -0.3 is 5.32 Å². The molecule has 138 valence electrons. The molecule has 1 fully saturated rings. The molecule has 1 aliphatic carbocycles. The van der Waals surface area contributed by atoms with Crippen LogP contribution in [0.15, 0.2) is 36.5 Å². The van der Waals surface area contributed by atoms with Gasteiger partial charge in [-0.15, -0.1) is 0 Å². The monoisotopic (exact) mass is 391 g/mol. The lowest BCUT2D eigenvalue weighted by atomic mass is 10.0. The van der Waals surface area contributed by atoms with Gasteiger partial charge in [-0.1, -0.05) is 61.3 Å². The minimum atomic E-state index is -0.118. The van der Waals surface area contributed by atoms with Gasteiger partial charge in [-0.05, 0) is 36.0 Å². The second-order valence-electron chi connectivity index (χ2n) is 7.06. The molecule has 0 atom stereocenters. The molecule has 3 rings (SSSR count). The van der Waals surface area contributed by atoms with E-state index in [1.54, 1.807) is 6.07 Å². The molecule has 1 saturated carbocycles. The largest absolute Gasteiger partial charge is 0.308 e. The van der Waals surface area contributed by atoms with Crippen molar-refractivity contribution >= 4 is 34.9 Å². The number of halogens is 2. The number of nitrogens with one attached hydrogen (secondary N) is 1. The van der Waals surface area contributed by atoms with Crippen LogP contribution in [0, 0.1) is 0 Å². The van der Waals surface area contributed by atoms with Crippen molar-refractivity contribution in [2.24, 2.45) is 0 Å². The van der Waals surface area contributed by atoms with Crippen LogP contribution in [0.5, 0.6) is 0 Å². The molecule has 0 bridgehead atoms. The number of nitrogens with zero attached hydrogens (tertiary/aromatic N) is 2. The number of anilines is 1. The average molecular weight is 392 g/mol. The van der Waals surface area contributed by atoms with Crippen LogP contribution in [-0.2, 0) is 11.3 Å². The van der Waals surface area contributed by atoms with Crippen LogP contribution < -0.4 is 5.32 Å². The predicted octanol–water partition coefficient (Wildman–Crippen LogP) is 5.11. The van der Waals surface area contributed by atoms with E-state index in [0.29, 0.717) is 34.4 Å². The Bertz CT molecular complexity index is 773. The van der Waals surface area contributed by atoms with E-state index in [1.165, 1.54) is 17.3 Å². The molecule has 1 N–H and O–H groups in total. The first-order chi connectivity index (χ1) is 12.4. The van der Waals surface area contributed by atoms with Crippen molar-refractivity contribution in [1.29, 1.82) is 0 Å². The molecule has 0 spiro atoms. The van der Waals surface area contributed by atoms with E-state index in [1.807, 2.05) is 0 Å². The first-order valence-corrected chi connectivity index (χ1v) is 9.61. The zero-order valence-electron chi connectivity index (χ0n) is 15.0. The molecular formula is C20H23Cl2N3O. The van der Waals surface area contributed by atoms with Gasteiger partial charge >= 0.3 is 0 Å². The van der Waals surface area contributed by atoms with Crippen molar-refractivity contribution in [3.8, 4) is 0 Å². The van der Waals surface area contributed by atoms with Gasteiger partial charge in [0.25, 0.3) is 0 Å². The zero-order valence-corrected chi connectivity index (χ0v) is 16.5. The summed E-state index contributed by atoms with van der Waals surface area (Å²) in [5.41, 5.74) is 2.55. The Morgan fingerprint density at radius 3 is 2.54 bits per heavy atom. The van der Waals surface area contributed by atoms with E-state index in [0.717, 1.165) is 19.4 Å². The van der Waals surface area contributed by atoms with E-state index in [9.17, 15) is 4.79 Å². The van der Waals surface area contributed by atoms with Crippen molar-refractivity contribution in [3.05, 3.63) is 57.7 Å². The number of rotatable bonds is 7. The highest BCUT2D eigenvalue weighted by atomic mass is 35.5. The third-order valence-corrected chi connectivity index (χ3v) is 5.00. The Labute approximate surface area is 164 Å². The quantitative estimate of drug-likeness (QED) is 0.712. The maximum Gasteiger partial charge on any atom is 0.239 e. The molecule has 0 unspecified atom stereocenters. The van der Waals surface area contributed by atoms with Crippen LogP contribution in [0.25, 0.3) is 0 Å². The van der Waals surface area contributed by atoms with Crippen LogP contribution in [-0.4, -0.2) is 28.4 Å². The van der Waals surface area contributed by atoms with Gasteiger partial charge in [0.1, 0.15) is 0 Å². The Morgan fingerprint density at radius 2 is 1.96 bits per heavy atom. The lowest BCUT2D eigenvalue weighted by molar-refractivity contribution is -0.117. The van der Waals surface area contributed by atoms with Crippen molar-refractivity contribution < 1.29 is 4.79 Å². The molecule has 1 aliphatic rings. The van der Waals surface area contributed by atoms with Gasteiger partial charge in [0.2, 0.25) is 5.91 Å². The number of carbonyl (C=O) groups is 1. The van der Waals surface area contributed by atoms with Gasteiger partial charge in [-0.25, -0.2) is 4.98 Å². The summed E-state index contributed by atoms with van der Waals surface area (Å²) in [6.45, 7) is 5.45. The van der Waals surface area contributed by atoms with E-state index in [-0.39, 0.29) is 5.91 Å². The summed E-state index contributed by atoms with van der Waals surface area (Å²) in [5, 5.41) is 3.56. The van der Waals surface area contributed by atoms with E-state index in [2.05, 4.69) is 53.3 Å². The molecule has 0 aliphatic heterocycles. The number of amides is 1. The lowest BCUT2D eigenvalue weighted by Crippen LogP contribution is -2.34. The lowest BCUT2D eigenvalue weighted by Gasteiger charge is -2.22. The van der Waals surface area contributed by atoms with Gasteiger partial charge in [0, 0.05) is 18.8 Å². The Balaban J connectivity index is 1.62. The van der Waals surface area contributed by atoms with Crippen LogP contribution in [0.3, 0.4) is 0 Å². The number of hydrogen-bond donors (Lipinski definition) is 1. The standard InChI is InChI=1S/C20H23Cl2N3O/c1-13(2)15-5-3-14(4-6-15)11-25(17-7-8-17)12-19(26)24-20-18(22)9-16(21)10-23-20/h3-6,9-10,13,17H,7-8,11-12H2,1-2H3,(H,23,24,26). The third-order valence-electron chi connectivity index (χ3n) is 4.51. The number of pyridine rings is 1. The van der Waals surface area contributed by atoms with Gasteiger partial charge in [0.15, 0.2) is 5.82 Å². The van der Waals surface area contributed by atoms with Gasteiger partial charge in [-0.2, -0.15) is 0 Å². The van der Waals surface area contributed by atoms with Gasteiger partial charge in [-0.3, -0.25) is 9.69 Å². The molecule has 1 amide bonds. The van der Waals surface area contributed by atoms with Crippen LogP contribution in [0.4, 0.5) is 5.82 Å². The molecule has 26 heavy (non-hydrogen) atoms. The molecule has 2 aromatic rings. The topological polar surface area (TPSA) is 45.2 Å². The van der Waals surface area contributed by atoms with Crippen molar-refractivity contribution in [3.63, 3.8) is 0 Å². The zero-order chi connectivity index (χ0) is 18.7. The fraction of sp³-hybridized carbons (Fsp3) is 0.400. The maximum atomic E-state index is 12.4. The third kappa shape index (κ3) is 5.19. The summed E-state index contributed by atoms with van der Waals surface area (Å²) < 4.78 is 0. The molecule has 0 saturated heterocycles. The minimum absolute atomic E-state index is 0.118. The van der Waals surface area contributed by atoms with Crippen molar-refractivity contribution in [2.45, 2.75) is 45.2 Å². The first-order valence-electron chi connectivity index (χ1n) is 8.86. The van der Waals surface area contributed by atoms with E-state index in [4.69, 9.17) is 23.2 Å². The average Bonchev–Trinajstić information content (AvgIpc) is 3.42. The fourth-order valence-electron chi connectivity index (χ4n) is 2.86. The summed E-state index contributed by atoms with van der Waals surface area (Å²) in [4.78, 5) is 18.7. The number of carbonyl (C=O) groups excluding carboxylic acids is 1. The molecule has 1 aromatic heterocycles. The molecule has 1 aromatic carbocycles. The Morgan fingerprint density at radius 1 is 1.27 bits per heavy atom. The smallest absolute Gasteiger partial charge is 0.239 e. The van der Waals surface area contributed by atoms with Gasteiger partial charge in [0.05, 0.1) is 16.6 Å². The Hall–Kier alpha value is -1.62. The van der Waals surface area contributed by atoms with Crippen molar-refractivity contribution in [2.75, 3.05) is 11.9 Å². The van der Waals surface area contributed by atoms with Crippen LogP contribution >= 0.6 is 23.2 Å². The number of aromatic nitrogens is 1. The predicted molar refractivity (Wildman–Crippen MR) is 107 cm³/mol. The number of benzene rings is 1. The van der Waals surface area contributed by atoms with Crippen LogP contribution in [0.1, 0.15) is 43.7 Å². The highest BCUT2D eigenvalue weighted by Crippen LogP contribution is 2.29. The second-order valence-corrected chi connectivity index (χ2v) is 7.91. The summed E-state index contributed by atoms with van der Waals surface area (Å²) >= 11 is 11.9. The second kappa shape index (κ2) is 8.38. The van der Waals surface area contributed by atoms with Crippen LogP contribution in [0.2, 0.25) is 10.0 Å². The first kappa shape index (κ1) is 19.2. The normalized spacial score (nSPS) is 14.1. The Kier molecular flexibility index (Phi) is 6.17. The summed E-state index contributed by atoms with van der Waals surface area (Å²) in [6.07, 6.45) is 3.74. The molecule has 4 nitrogen and oxygen atoms in total. The summed E-state index contributed by atoms with van der Waals surface area (Å²) in [7, 11) is 0. The van der Waals surface area contributed by atoms with E-state index >= 15 is 0 Å². The highest BCUT2D eigenvalue weighted by molar-refractivity contribution is 6.36. The maximum absolute atomic E-state index is 12.4. The molecule has 6 heteroatoms. The minimum Gasteiger partial charge on any atom is -0.308 e.